The van der Waals surface area contributed by atoms with Crippen molar-refractivity contribution in [3.05, 3.63) is 59.7 Å². The quantitative estimate of drug-likeness (QED) is 0.293. The molecule has 224 valence electrons. The topological polar surface area (TPSA) is 116 Å². The van der Waals surface area contributed by atoms with E-state index >= 15 is 0 Å². The second kappa shape index (κ2) is 15.4. The Morgan fingerprint density at radius 1 is 0.854 bits per heavy atom. The molecule has 2 aromatic rings. The van der Waals surface area contributed by atoms with Crippen LogP contribution in [0.3, 0.4) is 0 Å². The maximum Gasteiger partial charge on any atom is 0.306 e. The normalized spacial score (nSPS) is 13.5. The number of carboxylic acids is 1. The van der Waals surface area contributed by atoms with Gasteiger partial charge in [0.25, 0.3) is 5.91 Å². The van der Waals surface area contributed by atoms with E-state index < -0.39 is 29.3 Å². The largest absolute Gasteiger partial charge is 0.481 e. The van der Waals surface area contributed by atoms with Gasteiger partial charge in [0.15, 0.2) is 0 Å². The van der Waals surface area contributed by atoms with Crippen molar-refractivity contribution < 1.29 is 24.3 Å². The zero-order valence-electron chi connectivity index (χ0n) is 25.6. The first-order valence-electron chi connectivity index (χ1n) is 14.4. The number of rotatable bonds is 14. The molecule has 0 saturated carbocycles. The highest BCUT2D eigenvalue weighted by Gasteiger charge is 2.35. The van der Waals surface area contributed by atoms with Crippen molar-refractivity contribution in [2.75, 3.05) is 21.1 Å². The number of aliphatic carboxylic acids is 1. The van der Waals surface area contributed by atoms with E-state index in [1.54, 1.807) is 19.0 Å². The monoisotopic (exact) mass is 565 g/mol. The number of carbonyl (C=O) groups is 4. The van der Waals surface area contributed by atoms with Gasteiger partial charge >= 0.3 is 5.97 Å². The zero-order valence-corrected chi connectivity index (χ0v) is 25.6. The highest BCUT2D eigenvalue weighted by Crippen LogP contribution is 2.27. The first-order chi connectivity index (χ1) is 19.3. The van der Waals surface area contributed by atoms with Crippen LogP contribution in [0.25, 0.3) is 11.1 Å². The van der Waals surface area contributed by atoms with Crippen molar-refractivity contribution in [3.63, 3.8) is 0 Å². The predicted molar refractivity (Wildman–Crippen MR) is 162 cm³/mol. The maximum atomic E-state index is 13.5. The Balaban J connectivity index is 2.21. The second-order valence-electron chi connectivity index (χ2n) is 12.0. The van der Waals surface area contributed by atoms with Gasteiger partial charge in [-0.15, -0.1) is 0 Å². The van der Waals surface area contributed by atoms with Crippen LogP contribution in [0, 0.1) is 17.3 Å². The van der Waals surface area contributed by atoms with E-state index in [2.05, 4.69) is 10.6 Å². The van der Waals surface area contributed by atoms with Gasteiger partial charge in [-0.3, -0.25) is 19.2 Å². The predicted octanol–water partition coefficient (Wildman–Crippen LogP) is 5.16. The maximum absolute atomic E-state index is 13.5. The second-order valence-corrected chi connectivity index (χ2v) is 12.0. The fourth-order valence-corrected chi connectivity index (χ4v) is 4.84. The number of amides is 3. The summed E-state index contributed by atoms with van der Waals surface area (Å²) in [6, 6.07) is 14.8. The highest BCUT2D eigenvalue weighted by atomic mass is 16.4. The summed E-state index contributed by atoms with van der Waals surface area (Å²) < 4.78 is 0. The van der Waals surface area contributed by atoms with Crippen LogP contribution in [-0.4, -0.2) is 60.9 Å². The molecular formula is C33H47N3O5. The van der Waals surface area contributed by atoms with Crippen molar-refractivity contribution in [2.24, 2.45) is 17.3 Å². The zero-order chi connectivity index (χ0) is 30.7. The molecule has 8 heteroatoms. The molecule has 0 heterocycles. The van der Waals surface area contributed by atoms with E-state index in [1.807, 2.05) is 76.2 Å². The third-order valence-electron chi connectivity index (χ3n) is 7.46. The summed E-state index contributed by atoms with van der Waals surface area (Å²) in [5, 5.41) is 15.4. The molecule has 2 aromatic carbocycles. The molecule has 3 amide bonds. The minimum Gasteiger partial charge on any atom is -0.481 e. The van der Waals surface area contributed by atoms with Crippen LogP contribution in [0.1, 0.15) is 75.7 Å². The standard InChI is InChI=1S/C33H47N3O5/c1-8-9-10-27(32(40)41)21-26(29(37)35-28(30(38)34-5)33(2,3)4)16-13-22-11-14-23(15-12-22)24-17-19-25(20-18-24)31(39)36(6)7/h11-12,14-15,17-20,26-28H,8-10,13,16,21H2,1-7H3,(H,34,38)(H,35,37)(H,40,41)/t26-,27+,28-/m1/s1. The van der Waals surface area contributed by atoms with Gasteiger partial charge in [-0.05, 0) is 59.9 Å². The van der Waals surface area contributed by atoms with Crippen LogP contribution in [-0.2, 0) is 20.8 Å². The SMILES string of the molecule is CCCC[C@@H](C[C@@H](CCc1ccc(-c2ccc(C(=O)N(C)C)cc2)cc1)C(=O)N[C@H](C(=O)NC)C(C)(C)C)C(=O)O. The lowest BCUT2D eigenvalue weighted by Crippen LogP contribution is -2.54. The van der Waals surface area contributed by atoms with Gasteiger partial charge in [-0.2, -0.15) is 0 Å². The van der Waals surface area contributed by atoms with Crippen molar-refractivity contribution in [1.82, 2.24) is 15.5 Å². The van der Waals surface area contributed by atoms with Gasteiger partial charge in [0.05, 0.1) is 5.92 Å². The summed E-state index contributed by atoms with van der Waals surface area (Å²) in [6.45, 7) is 7.68. The average molecular weight is 566 g/mol. The molecule has 0 spiro atoms. The molecule has 0 saturated heterocycles. The van der Waals surface area contributed by atoms with Crippen LogP contribution in [0.2, 0.25) is 0 Å². The van der Waals surface area contributed by atoms with Gasteiger partial charge in [-0.1, -0.05) is 76.9 Å². The Labute approximate surface area is 244 Å². The molecule has 0 aliphatic carbocycles. The molecular weight excluding hydrogens is 518 g/mol. The van der Waals surface area contributed by atoms with E-state index in [1.165, 1.54) is 7.05 Å². The summed E-state index contributed by atoms with van der Waals surface area (Å²) in [5.74, 6) is -2.68. The number of hydrogen-bond donors (Lipinski definition) is 3. The van der Waals surface area contributed by atoms with E-state index in [-0.39, 0.29) is 24.1 Å². The number of nitrogens with zero attached hydrogens (tertiary/aromatic N) is 1. The molecule has 8 nitrogen and oxygen atoms in total. The lowest BCUT2D eigenvalue weighted by atomic mass is 9.83. The summed E-state index contributed by atoms with van der Waals surface area (Å²) in [5.41, 5.74) is 3.15. The minimum atomic E-state index is -0.891. The Bertz CT molecular complexity index is 1170. The number of aryl methyl sites for hydroxylation is 1. The van der Waals surface area contributed by atoms with Crippen LogP contribution < -0.4 is 10.6 Å². The van der Waals surface area contributed by atoms with Gasteiger partial charge in [-0.25, -0.2) is 0 Å². The van der Waals surface area contributed by atoms with Crippen LogP contribution in [0.4, 0.5) is 0 Å². The van der Waals surface area contributed by atoms with Gasteiger partial charge < -0.3 is 20.6 Å². The fraction of sp³-hybridized carbons (Fsp3) is 0.515. The first-order valence-corrected chi connectivity index (χ1v) is 14.4. The van der Waals surface area contributed by atoms with E-state index in [4.69, 9.17) is 0 Å². The number of carbonyl (C=O) groups excluding carboxylic acids is 3. The fourth-order valence-electron chi connectivity index (χ4n) is 4.84. The van der Waals surface area contributed by atoms with Crippen LogP contribution in [0.15, 0.2) is 48.5 Å². The number of hydrogen-bond acceptors (Lipinski definition) is 4. The Morgan fingerprint density at radius 2 is 1.41 bits per heavy atom. The van der Waals surface area contributed by atoms with Crippen molar-refractivity contribution in [2.45, 2.75) is 72.3 Å². The van der Waals surface area contributed by atoms with Crippen LogP contribution >= 0.6 is 0 Å². The molecule has 0 unspecified atom stereocenters. The van der Waals surface area contributed by atoms with Crippen molar-refractivity contribution in [3.8, 4) is 11.1 Å². The third kappa shape index (κ3) is 10.0. The summed E-state index contributed by atoms with van der Waals surface area (Å²) in [4.78, 5) is 51.8. The molecule has 0 bridgehead atoms. The smallest absolute Gasteiger partial charge is 0.306 e. The molecule has 0 radical (unpaired) electrons. The Kier molecular flexibility index (Phi) is 12.6. The minimum absolute atomic E-state index is 0.0468. The summed E-state index contributed by atoms with van der Waals surface area (Å²) >= 11 is 0. The molecule has 0 aliphatic rings. The summed E-state index contributed by atoms with van der Waals surface area (Å²) in [7, 11) is 4.99. The Morgan fingerprint density at radius 3 is 1.88 bits per heavy atom. The Hall–Kier alpha value is -3.68. The van der Waals surface area contributed by atoms with Gasteiger partial charge in [0.2, 0.25) is 11.8 Å². The number of nitrogens with one attached hydrogen (secondary N) is 2. The molecule has 0 aliphatic heterocycles. The molecule has 3 atom stereocenters. The first kappa shape index (κ1) is 33.5. The van der Waals surface area contributed by atoms with Crippen LogP contribution in [0.5, 0.6) is 0 Å². The van der Waals surface area contributed by atoms with E-state index in [9.17, 15) is 24.3 Å². The van der Waals surface area contributed by atoms with Gasteiger partial charge in [0, 0.05) is 32.6 Å². The van der Waals surface area contributed by atoms with E-state index in [0.29, 0.717) is 24.8 Å². The van der Waals surface area contributed by atoms with Crippen molar-refractivity contribution in [1.29, 1.82) is 0 Å². The van der Waals surface area contributed by atoms with Crippen molar-refractivity contribution >= 4 is 23.7 Å². The number of benzene rings is 2. The third-order valence-corrected chi connectivity index (χ3v) is 7.46. The number of carboxylic acid groups (broad SMARTS) is 1. The average Bonchev–Trinajstić information content (AvgIpc) is 2.94. The molecule has 0 aromatic heterocycles. The number of likely N-dealkylation sites (N-methyl/N-ethyl adjacent to an activating group) is 1. The lowest BCUT2D eigenvalue weighted by molar-refractivity contribution is -0.143. The summed E-state index contributed by atoms with van der Waals surface area (Å²) in [6.07, 6.45) is 3.45. The molecule has 41 heavy (non-hydrogen) atoms. The van der Waals surface area contributed by atoms with E-state index in [0.717, 1.165) is 29.5 Å². The lowest BCUT2D eigenvalue weighted by Gasteiger charge is -2.31. The number of unbranched alkanes of at least 4 members (excludes halogenated alkanes) is 1. The van der Waals surface area contributed by atoms with Gasteiger partial charge in [0.1, 0.15) is 6.04 Å². The highest BCUT2D eigenvalue weighted by molar-refractivity contribution is 5.94. The molecule has 0 fully saturated rings. The molecule has 3 N–H and O–H groups in total. The molecule has 2 rings (SSSR count).